The Bertz CT molecular complexity index is 856. The molecule has 5 unspecified atom stereocenters. The molecule has 2 aliphatic carbocycles. The summed E-state index contributed by atoms with van der Waals surface area (Å²) in [5.41, 5.74) is 0. The average molecular weight is 544 g/mol. The van der Waals surface area contributed by atoms with Crippen LogP contribution in [-0.4, -0.2) is 58.7 Å². The van der Waals surface area contributed by atoms with Gasteiger partial charge in [0.1, 0.15) is 0 Å². The molecule has 2 bridgehead atoms. The first kappa shape index (κ1) is 27.2. The van der Waals surface area contributed by atoms with Crippen LogP contribution in [0.2, 0.25) is 0 Å². The minimum atomic E-state index is -7.91. The Morgan fingerprint density at radius 1 is 0.706 bits per heavy atom. The van der Waals surface area contributed by atoms with E-state index in [4.69, 9.17) is 0 Å². The lowest BCUT2D eigenvalue weighted by Crippen LogP contribution is -2.70. The third-order valence-corrected chi connectivity index (χ3v) is 7.85. The van der Waals surface area contributed by atoms with E-state index in [1.807, 2.05) is 0 Å². The number of hydrogen-bond acceptors (Lipinski definition) is 4. The molecule has 0 spiro atoms. The first-order valence-electron chi connectivity index (χ1n) is 9.44. The predicted octanol–water partition coefficient (Wildman–Crippen LogP) is 5.57. The van der Waals surface area contributed by atoms with Gasteiger partial charge < -0.3 is 4.74 Å². The molecule has 3 rings (SSSR count). The zero-order chi connectivity index (χ0) is 26.3. The number of halogens is 13. The number of ether oxygens (including phenoxy) is 1. The third kappa shape index (κ3) is 3.57. The molecule has 1 heterocycles. The van der Waals surface area contributed by atoms with Gasteiger partial charge in [0, 0.05) is 11.7 Å². The summed E-state index contributed by atoms with van der Waals surface area (Å²) >= 11 is 0.477. The van der Waals surface area contributed by atoms with Crippen molar-refractivity contribution in [1.82, 2.24) is 0 Å². The van der Waals surface area contributed by atoms with Crippen LogP contribution >= 0.6 is 11.8 Å². The number of rotatable bonds is 8. The first-order chi connectivity index (χ1) is 15.1. The second kappa shape index (κ2) is 7.79. The largest absolute Gasteiger partial charge is 0.460 e. The van der Waals surface area contributed by atoms with Crippen molar-refractivity contribution in [2.45, 2.75) is 60.3 Å². The number of hydrogen-bond donors (Lipinski definition) is 0. The highest BCUT2D eigenvalue weighted by atomic mass is 32.2. The third-order valence-electron chi connectivity index (χ3n) is 6.44. The van der Waals surface area contributed by atoms with E-state index in [-0.39, 0.29) is 18.8 Å². The molecule has 3 nitrogen and oxygen atoms in total. The highest BCUT2D eigenvalue weighted by Gasteiger charge is 2.90. The zero-order valence-corrected chi connectivity index (χ0v) is 17.1. The van der Waals surface area contributed by atoms with E-state index in [2.05, 4.69) is 4.74 Å². The van der Waals surface area contributed by atoms with E-state index in [1.165, 1.54) is 0 Å². The van der Waals surface area contributed by atoms with E-state index >= 15 is 0 Å². The normalized spacial score (nSPS) is 30.7. The van der Waals surface area contributed by atoms with E-state index in [0.29, 0.717) is 11.8 Å². The molecule has 0 radical (unpaired) electrons. The molecule has 34 heavy (non-hydrogen) atoms. The van der Waals surface area contributed by atoms with Crippen molar-refractivity contribution < 1.29 is 71.4 Å². The fourth-order valence-corrected chi connectivity index (χ4v) is 6.27. The minimum Gasteiger partial charge on any atom is -0.393 e. The highest BCUT2D eigenvalue weighted by molar-refractivity contribution is 7.99. The van der Waals surface area contributed by atoms with Crippen molar-refractivity contribution in [3.8, 4) is 0 Å². The van der Waals surface area contributed by atoms with Gasteiger partial charge in [-0.15, -0.1) is 0 Å². The van der Waals surface area contributed by atoms with Crippen molar-refractivity contribution in [3.05, 3.63) is 0 Å². The summed E-state index contributed by atoms with van der Waals surface area (Å²) in [5.74, 6) is -42.2. The molecule has 3 fully saturated rings. The maximum absolute atomic E-state index is 13.9. The van der Waals surface area contributed by atoms with Gasteiger partial charge >= 0.3 is 47.7 Å². The maximum atomic E-state index is 13.9. The summed E-state index contributed by atoms with van der Waals surface area (Å²) < 4.78 is 175. The lowest BCUT2D eigenvalue weighted by atomic mass is 9.81. The Morgan fingerprint density at radius 3 is 1.74 bits per heavy atom. The SMILES string of the molecule is O=C1OC(=O)C2C3CC(CC3SCCC(F)(F)C(F)(F)C(F)(F)C(F)(F)C(F)(F)C(F)(F)F)C12. The van der Waals surface area contributed by atoms with Crippen LogP contribution in [0.5, 0.6) is 0 Å². The van der Waals surface area contributed by atoms with E-state index < -0.39 is 82.9 Å². The summed E-state index contributed by atoms with van der Waals surface area (Å²) in [4.78, 5) is 23.4. The zero-order valence-electron chi connectivity index (χ0n) is 16.3. The molecule has 3 aliphatic rings. The standard InChI is InChI=1S/C17H13F13O3S/c18-12(19,13(20,21)14(22,23)15(24,25)16(26,27)17(28,29)30)1-2-34-7-4-5-3-6(7)9-8(5)10(31)33-11(9)32/h5-9H,1-4H2. The molecular formula is C17H13F13O3S. The molecule has 0 aromatic rings. The van der Waals surface area contributed by atoms with Gasteiger partial charge in [0.05, 0.1) is 11.8 Å². The van der Waals surface area contributed by atoms with Crippen molar-refractivity contribution in [1.29, 1.82) is 0 Å². The van der Waals surface area contributed by atoms with Gasteiger partial charge in [-0.05, 0) is 30.4 Å². The number of thioether (sulfide) groups is 1. The van der Waals surface area contributed by atoms with E-state index in [9.17, 15) is 66.7 Å². The summed E-state index contributed by atoms with van der Waals surface area (Å²) in [6.45, 7) is 0. The fourth-order valence-electron chi connectivity index (χ4n) is 4.69. The summed E-state index contributed by atoms with van der Waals surface area (Å²) in [5, 5.41) is -0.689. The summed E-state index contributed by atoms with van der Waals surface area (Å²) in [6.07, 6.45) is -9.28. The molecule has 1 aliphatic heterocycles. The predicted molar refractivity (Wildman–Crippen MR) is 85.9 cm³/mol. The topological polar surface area (TPSA) is 43.4 Å². The number of cyclic esters (lactones) is 2. The lowest BCUT2D eigenvalue weighted by Gasteiger charge is -2.39. The van der Waals surface area contributed by atoms with Gasteiger partial charge in [0.2, 0.25) is 0 Å². The van der Waals surface area contributed by atoms with Crippen molar-refractivity contribution in [2.75, 3.05) is 5.75 Å². The summed E-state index contributed by atoms with van der Waals surface area (Å²) in [6, 6.07) is 0. The number of carbonyl (C=O) groups is 2. The van der Waals surface area contributed by atoms with E-state index in [0.717, 1.165) is 0 Å². The molecule has 0 N–H and O–H groups in total. The fraction of sp³-hybridized carbons (Fsp3) is 0.882. The van der Waals surface area contributed by atoms with Crippen molar-refractivity contribution in [2.24, 2.45) is 23.7 Å². The van der Waals surface area contributed by atoms with Crippen LogP contribution < -0.4 is 0 Å². The molecule has 2 saturated carbocycles. The van der Waals surface area contributed by atoms with E-state index in [1.54, 1.807) is 0 Å². The van der Waals surface area contributed by atoms with Gasteiger partial charge in [0.15, 0.2) is 0 Å². The smallest absolute Gasteiger partial charge is 0.393 e. The Balaban J connectivity index is 1.70. The Kier molecular flexibility index (Phi) is 6.22. The van der Waals surface area contributed by atoms with Crippen LogP contribution in [0.4, 0.5) is 57.1 Å². The minimum absolute atomic E-state index is 0.146. The Labute approximate surface area is 185 Å². The second-order valence-corrected chi connectivity index (χ2v) is 9.69. The number of esters is 2. The van der Waals surface area contributed by atoms with Gasteiger partial charge in [0.25, 0.3) is 0 Å². The lowest BCUT2D eigenvalue weighted by molar-refractivity contribution is -0.439. The van der Waals surface area contributed by atoms with Gasteiger partial charge in [-0.25, -0.2) is 0 Å². The molecule has 0 aromatic carbocycles. The van der Waals surface area contributed by atoms with Crippen LogP contribution in [-0.2, 0) is 14.3 Å². The monoisotopic (exact) mass is 544 g/mol. The van der Waals surface area contributed by atoms with Crippen LogP contribution in [0.15, 0.2) is 0 Å². The summed E-state index contributed by atoms with van der Waals surface area (Å²) in [7, 11) is 0. The van der Waals surface area contributed by atoms with Crippen LogP contribution in [0.1, 0.15) is 19.3 Å². The quantitative estimate of drug-likeness (QED) is 0.228. The number of fused-ring (bicyclic) bond motifs is 5. The Morgan fingerprint density at radius 2 is 1.21 bits per heavy atom. The number of alkyl halides is 13. The molecule has 196 valence electrons. The second-order valence-electron chi connectivity index (χ2n) is 8.35. The van der Waals surface area contributed by atoms with Crippen LogP contribution in [0.3, 0.4) is 0 Å². The van der Waals surface area contributed by atoms with Gasteiger partial charge in [-0.1, -0.05) is 0 Å². The molecule has 0 aromatic heterocycles. The molecule has 0 amide bonds. The van der Waals surface area contributed by atoms with Gasteiger partial charge in [-0.3, -0.25) is 9.59 Å². The molecular weight excluding hydrogens is 531 g/mol. The molecule has 17 heteroatoms. The van der Waals surface area contributed by atoms with Gasteiger partial charge in [-0.2, -0.15) is 68.8 Å². The Hall–Kier alpha value is -1.42. The maximum Gasteiger partial charge on any atom is 0.460 e. The first-order valence-corrected chi connectivity index (χ1v) is 10.5. The van der Waals surface area contributed by atoms with Crippen molar-refractivity contribution in [3.63, 3.8) is 0 Å². The molecule has 1 saturated heterocycles. The highest BCUT2D eigenvalue weighted by Crippen LogP contribution is 2.62. The molecule has 5 atom stereocenters. The average Bonchev–Trinajstić information content (AvgIpc) is 3.32. The van der Waals surface area contributed by atoms with Crippen molar-refractivity contribution >= 4 is 23.7 Å². The van der Waals surface area contributed by atoms with Crippen LogP contribution in [0.25, 0.3) is 0 Å². The van der Waals surface area contributed by atoms with Crippen LogP contribution in [0, 0.1) is 23.7 Å². The number of carbonyl (C=O) groups excluding carboxylic acids is 2.